The molecule has 9 heteroatoms. The molecule has 3 heterocycles. The van der Waals surface area contributed by atoms with Gasteiger partial charge < -0.3 is 10.2 Å². The Morgan fingerprint density at radius 3 is 2.61 bits per heavy atom. The number of carbonyl (C=O) groups excluding carboxylic acids is 1. The molecule has 5 rings (SSSR count). The van der Waals surface area contributed by atoms with Gasteiger partial charge in [-0.1, -0.05) is 23.2 Å². The van der Waals surface area contributed by atoms with Gasteiger partial charge in [-0.3, -0.25) is 9.48 Å². The number of amides is 1. The van der Waals surface area contributed by atoms with Crippen molar-refractivity contribution in [3.63, 3.8) is 0 Å². The first-order valence-electron chi connectivity index (χ1n) is 10.4. The normalized spacial score (nSPS) is 20.1. The number of halogens is 2. The van der Waals surface area contributed by atoms with Crippen LogP contribution in [0.3, 0.4) is 0 Å². The molecule has 1 aliphatic heterocycles. The highest BCUT2D eigenvalue weighted by Gasteiger charge is 2.33. The van der Waals surface area contributed by atoms with Gasteiger partial charge in [-0.2, -0.15) is 5.10 Å². The number of carbonyl (C=O) groups is 1. The fraction of sp³-hybridized carbons (Fsp3) is 0.364. The summed E-state index contributed by atoms with van der Waals surface area (Å²) in [4.78, 5) is 23.6. The lowest BCUT2D eigenvalue weighted by molar-refractivity contribution is 0.0909. The number of aromatic nitrogens is 4. The molecule has 1 saturated carbocycles. The molecule has 1 N–H and O–H groups in total. The van der Waals surface area contributed by atoms with Crippen LogP contribution in [0.4, 0.5) is 5.95 Å². The maximum atomic E-state index is 12.6. The molecule has 0 atom stereocenters. The molecule has 160 valence electrons. The van der Waals surface area contributed by atoms with Gasteiger partial charge >= 0.3 is 0 Å². The average Bonchev–Trinajstić information content (AvgIpc) is 3.15. The molecule has 0 spiro atoms. The maximum absolute atomic E-state index is 12.6. The van der Waals surface area contributed by atoms with E-state index in [1.54, 1.807) is 23.1 Å². The predicted octanol–water partition coefficient (Wildman–Crippen LogP) is 3.91. The first-order valence-corrected chi connectivity index (χ1v) is 11.1. The Balaban J connectivity index is 1.14. The van der Waals surface area contributed by atoms with Crippen LogP contribution < -0.4 is 10.2 Å². The minimum atomic E-state index is -0.115. The van der Waals surface area contributed by atoms with E-state index in [0.29, 0.717) is 23.0 Å². The van der Waals surface area contributed by atoms with Crippen molar-refractivity contribution in [1.29, 1.82) is 0 Å². The molecule has 31 heavy (non-hydrogen) atoms. The molecule has 0 unspecified atom stereocenters. The van der Waals surface area contributed by atoms with E-state index in [0.717, 1.165) is 48.0 Å². The molecule has 0 radical (unpaired) electrons. The number of nitrogens with zero attached hydrogens (tertiary/aromatic N) is 5. The van der Waals surface area contributed by atoms with E-state index >= 15 is 0 Å². The molecular weight excluding hydrogens is 435 g/mol. The third-order valence-corrected chi connectivity index (χ3v) is 6.52. The number of anilines is 1. The molecule has 1 aliphatic carbocycles. The largest absolute Gasteiger partial charge is 0.349 e. The van der Waals surface area contributed by atoms with E-state index in [4.69, 9.17) is 23.2 Å². The number of nitrogens with one attached hydrogen (secondary N) is 1. The van der Waals surface area contributed by atoms with Crippen molar-refractivity contribution >= 4 is 35.1 Å². The van der Waals surface area contributed by atoms with Crippen molar-refractivity contribution in [3.8, 4) is 0 Å². The Hall–Kier alpha value is -2.64. The van der Waals surface area contributed by atoms with Crippen LogP contribution in [0.15, 0.2) is 43.0 Å². The fourth-order valence-electron chi connectivity index (χ4n) is 3.95. The summed E-state index contributed by atoms with van der Waals surface area (Å²) in [7, 11) is 0. The van der Waals surface area contributed by atoms with Gasteiger partial charge in [0, 0.05) is 53.3 Å². The van der Waals surface area contributed by atoms with Gasteiger partial charge in [-0.25, -0.2) is 9.97 Å². The third kappa shape index (κ3) is 4.38. The Kier molecular flexibility index (Phi) is 5.54. The summed E-state index contributed by atoms with van der Waals surface area (Å²) in [6, 6.07) is 5.65. The molecule has 1 amide bonds. The van der Waals surface area contributed by atoms with Crippen LogP contribution in [0.2, 0.25) is 10.0 Å². The second-order valence-corrected chi connectivity index (χ2v) is 9.01. The summed E-state index contributed by atoms with van der Waals surface area (Å²) in [5.41, 5.74) is 2.54. The first kappa shape index (κ1) is 20.3. The first-order chi connectivity index (χ1) is 15.0. The van der Waals surface area contributed by atoms with Crippen molar-refractivity contribution in [2.75, 3.05) is 18.0 Å². The summed E-state index contributed by atoms with van der Waals surface area (Å²) < 4.78 is 1.73. The molecule has 1 aromatic carbocycles. The molecule has 2 fully saturated rings. The van der Waals surface area contributed by atoms with Crippen molar-refractivity contribution in [3.05, 3.63) is 69.7 Å². The second kappa shape index (κ2) is 8.48. The van der Waals surface area contributed by atoms with Gasteiger partial charge in [0.25, 0.3) is 5.91 Å². The minimum Gasteiger partial charge on any atom is -0.349 e. The highest BCUT2D eigenvalue weighted by molar-refractivity contribution is 6.33. The summed E-state index contributed by atoms with van der Waals surface area (Å²) in [6.07, 6.45) is 9.87. The fourth-order valence-corrected chi connectivity index (χ4v) is 4.40. The van der Waals surface area contributed by atoms with E-state index in [-0.39, 0.29) is 11.9 Å². The van der Waals surface area contributed by atoms with E-state index in [9.17, 15) is 4.79 Å². The van der Waals surface area contributed by atoms with Crippen LogP contribution in [0.25, 0.3) is 0 Å². The van der Waals surface area contributed by atoms with Gasteiger partial charge in [0.2, 0.25) is 5.95 Å². The van der Waals surface area contributed by atoms with E-state index in [1.807, 2.05) is 24.5 Å². The molecule has 0 bridgehead atoms. The lowest BCUT2D eigenvalue weighted by atomic mass is 9.76. The van der Waals surface area contributed by atoms with Crippen LogP contribution in [-0.2, 0) is 6.54 Å². The van der Waals surface area contributed by atoms with Crippen LogP contribution in [-0.4, -0.2) is 44.8 Å². The smallest absolute Gasteiger partial charge is 0.254 e. The summed E-state index contributed by atoms with van der Waals surface area (Å²) in [5.74, 6) is 0.975. The summed E-state index contributed by atoms with van der Waals surface area (Å²) in [5, 5.41) is 8.79. The molecule has 2 aliphatic rings. The van der Waals surface area contributed by atoms with Gasteiger partial charge in [0.1, 0.15) is 0 Å². The van der Waals surface area contributed by atoms with Crippen molar-refractivity contribution in [2.24, 2.45) is 0 Å². The van der Waals surface area contributed by atoms with Crippen molar-refractivity contribution in [2.45, 2.75) is 37.8 Å². The Morgan fingerprint density at radius 1 is 1.13 bits per heavy atom. The monoisotopic (exact) mass is 456 g/mol. The molecule has 3 aromatic rings. The highest BCUT2D eigenvalue weighted by atomic mass is 35.5. The van der Waals surface area contributed by atoms with E-state index < -0.39 is 0 Å². The Bertz CT molecular complexity index is 1090. The molecule has 2 aromatic heterocycles. The van der Waals surface area contributed by atoms with Gasteiger partial charge in [-0.05, 0) is 48.9 Å². The second-order valence-electron chi connectivity index (χ2n) is 8.16. The predicted molar refractivity (Wildman–Crippen MR) is 120 cm³/mol. The quantitative estimate of drug-likeness (QED) is 0.608. The molecule has 1 saturated heterocycles. The maximum Gasteiger partial charge on any atom is 0.254 e. The van der Waals surface area contributed by atoms with Crippen LogP contribution in [0, 0.1) is 0 Å². The van der Waals surface area contributed by atoms with Crippen LogP contribution >= 0.6 is 23.2 Å². The lowest BCUT2D eigenvalue weighted by Gasteiger charge is -2.36. The van der Waals surface area contributed by atoms with Gasteiger partial charge in [0.05, 0.1) is 18.3 Å². The summed E-state index contributed by atoms with van der Waals surface area (Å²) in [6.45, 7) is 2.56. The number of rotatable bonds is 6. The zero-order valence-corrected chi connectivity index (χ0v) is 18.4. The number of hydrogen-bond acceptors (Lipinski definition) is 5. The lowest BCUT2D eigenvalue weighted by Crippen LogP contribution is -2.43. The highest BCUT2D eigenvalue weighted by Crippen LogP contribution is 2.41. The Labute approximate surface area is 190 Å². The Morgan fingerprint density at radius 2 is 1.90 bits per heavy atom. The zero-order valence-electron chi connectivity index (χ0n) is 16.8. The molecule has 7 nitrogen and oxygen atoms in total. The number of hydrogen-bond donors (Lipinski definition) is 1. The van der Waals surface area contributed by atoms with Crippen molar-refractivity contribution < 1.29 is 4.79 Å². The molecular formula is C22H22Cl2N6O. The van der Waals surface area contributed by atoms with Crippen LogP contribution in [0.1, 0.15) is 46.7 Å². The van der Waals surface area contributed by atoms with Crippen molar-refractivity contribution in [1.82, 2.24) is 25.1 Å². The zero-order chi connectivity index (χ0) is 21.4. The van der Waals surface area contributed by atoms with Gasteiger partial charge in [0.15, 0.2) is 0 Å². The SMILES string of the molecule is O=C(NC1CC(c2cc(Cl)ccc2Cl)C1)c1cnn(Cc2cnc(N3CCC3)nc2)c1. The third-order valence-electron chi connectivity index (χ3n) is 5.94. The van der Waals surface area contributed by atoms with Gasteiger partial charge in [-0.15, -0.1) is 0 Å². The van der Waals surface area contributed by atoms with E-state index in [2.05, 4.69) is 25.3 Å². The topological polar surface area (TPSA) is 75.9 Å². The van der Waals surface area contributed by atoms with Crippen LogP contribution in [0.5, 0.6) is 0 Å². The minimum absolute atomic E-state index is 0.115. The average molecular weight is 457 g/mol. The standard InChI is InChI=1S/C22H22Cl2N6O/c23-17-2-3-20(24)19(8-17)15-6-18(7-15)28-21(31)16-11-27-30(13-16)12-14-9-25-22(26-10-14)29-4-1-5-29/h2-3,8-11,13,15,18H,1,4-7,12H2,(H,28,31). The summed E-state index contributed by atoms with van der Waals surface area (Å²) >= 11 is 12.4. The van der Waals surface area contributed by atoms with E-state index in [1.165, 1.54) is 6.42 Å². The number of benzene rings is 1.